The second kappa shape index (κ2) is 5.64. The van der Waals surface area contributed by atoms with Crippen LogP contribution in [-0.4, -0.2) is 17.6 Å². The molecule has 0 aliphatic carbocycles. The van der Waals surface area contributed by atoms with E-state index in [4.69, 9.17) is 4.74 Å². The van der Waals surface area contributed by atoms with Gasteiger partial charge >= 0.3 is 5.97 Å². The van der Waals surface area contributed by atoms with E-state index >= 15 is 0 Å². The topological polar surface area (TPSA) is 39.2 Å². The molecule has 1 rings (SSSR count). The fourth-order valence-electron chi connectivity index (χ4n) is 1.73. The Hall–Kier alpha value is -1.38. The maximum atomic E-state index is 11.8. The summed E-state index contributed by atoms with van der Waals surface area (Å²) in [6, 6.07) is 1.96. The number of aryl methyl sites for hydroxylation is 3. The van der Waals surface area contributed by atoms with Crippen LogP contribution in [0.3, 0.4) is 0 Å². The third kappa shape index (κ3) is 2.60. The van der Waals surface area contributed by atoms with E-state index in [1.165, 1.54) is 0 Å². The van der Waals surface area contributed by atoms with E-state index in [2.05, 4.69) is 11.9 Å². The van der Waals surface area contributed by atoms with Gasteiger partial charge in [-0.1, -0.05) is 13.8 Å². The molecule has 1 heterocycles. The summed E-state index contributed by atoms with van der Waals surface area (Å²) in [5.41, 5.74) is 3.47. The summed E-state index contributed by atoms with van der Waals surface area (Å²) in [6.45, 7) is 8.21. The number of hydrogen-bond donors (Lipinski definition) is 0. The minimum atomic E-state index is -0.257. The van der Waals surface area contributed by atoms with Crippen molar-refractivity contribution in [3.05, 3.63) is 28.6 Å². The predicted octanol–water partition coefficient (Wildman–Crippen LogP) is 2.69. The molecule has 0 aliphatic heterocycles. The highest BCUT2D eigenvalue weighted by atomic mass is 16.5. The van der Waals surface area contributed by atoms with Crippen LogP contribution in [-0.2, 0) is 17.6 Å². The number of carbonyl (C=O) groups excluding carboxylic acids is 1. The summed E-state index contributed by atoms with van der Waals surface area (Å²) in [5.74, 6) is -0.257. The van der Waals surface area contributed by atoms with E-state index in [1.807, 2.05) is 26.8 Å². The lowest BCUT2D eigenvalue weighted by molar-refractivity contribution is 0.0523. The zero-order valence-corrected chi connectivity index (χ0v) is 10.5. The molecule has 1 aromatic heterocycles. The summed E-state index contributed by atoms with van der Waals surface area (Å²) in [6.07, 6.45) is 1.64. The van der Waals surface area contributed by atoms with Crippen LogP contribution in [0.1, 0.15) is 48.1 Å². The smallest absolute Gasteiger partial charge is 0.340 e. The third-order valence-corrected chi connectivity index (χ3v) is 2.52. The Bertz CT molecular complexity index is 386. The van der Waals surface area contributed by atoms with Crippen LogP contribution in [0.15, 0.2) is 6.07 Å². The molecular weight excluding hydrogens is 202 g/mol. The molecule has 0 aromatic carbocycles. The van der Waals surface area contributed by atoms with E-state index in [0.29, 0.717) is 12.2 Å². The van der Waals surface area contributed by atoms with Gasteiger partial charge in [-0.05, 0) is 38.3 Å². The van der Waals surface area contributed by atoms with Gasteiger partial charge in [0.05, 0.1) is 17.9 Å². The number of ether oxygens (including phenoxy) is 1. The molecular formula is C13H19NO2. The Morgan fingerprint density at radius 2 is 2.00 bits per heavy atom. The molecule has 88 valence electrons. The van der Waals surface area contributed by atoms with Crippen molar-refractivity contribution in [3.8, 4) is 0 Å². The maximum Gasteiger partial charge on any atom is 0.340 e. The first-order chi connectivity index (χ1) is 7.63. The van der Waals surface area contributed by atoms with E-state index in [-0.39, 0.29) is 5.97 Å². The minimum absolute atomic E-state index is 0.257. The second-order valence-corrected chi connectivity index (χ2v) is 3.68. The number of pyridine rings is 1. The van der Waals surface area contributed by atoms with E-state index < -0.39 is 0 Å². The van der Waals surface area contributed by atoms with Crippen LogP contribution in [0, 0.1) is 6.92 Å². The van der Waals surface area contributed by atoms with Gasteiger partial charge < -0.3 is 4.74 Å². The number of nitrogens with zero attached hydrogens (tertiary/aromatic N) is 1. The summed E-state index contributed by atoms with van der Waals surface area (Å²) < 4.78 is 5.05. The van der Waals surface area contributed by atoms with E-state index in [0.717, 1.165) is 29.8 Å². The van der Waals surface area contributed by atoms with Gasteiger partial charge in [-0.3, -0.25) is 4.98 Å². The summed E-state index contributed by atoms with van der Waals surface area (Å²) in [4.78, 5) is 16.3. The molecule has 0 bridgehead atoms. The molecule has 0 N–H and O–H groups in total. The Labute approximate surface area is 96.8 Å². The van der Waals surface area contributed by atoms with Crippen molar-refractivity contribution in [3.63, 3.8) is 0 Å². The Balaban J connectivity index is 3.21. The maximum absolute atomic E-state index is 11.8. The molecule has 3 nitrogen and oxygen atoms in total. The Morgan fingerprint density at radius 3 is 2.50 bits per heavy atom. The standard InChI is InChI=1S/C13H19NO2/c1-5-10-8-9(4)12(11(6-2)14-10)13(15)16-7-3/h8H,5-7H2,1-4H3. The number of rotatable bonds is 4. The van der Waals surface area contributed by atoms with E-state index in [9.17, 15) is 4.79 Å². The Morgan fingerprint density at radius 1 is 1.31 bits per heavy atom. The van der Waals surface area contributed by atoms with Crippen LogP contribution >= 0.6 is 0 Å². The van der Waals surface area contributed by atoms with Crippen molar-refractivity contribution >= 4 is 5.97 Å². The number of hydrogen-bond acceptors (Lipinski definition) is 3. The van der Waals surface area contributed by atoms with Crippen LogP contribution in [0.2, 0.25) is 0 Å². The van der Waals surface area contributed by atoms with Crippen molar-refractivity contribution in [1.29, 1.82) is 0 Å². The SMILES string of the molecule is CCOC(=O)c1c(C)cc(CC)nc1CC. The monoisotopic (exact) mass is 221 g/mol. The summed E-state index contributed by atoms with van der Waals surface area (Å²) >= 11 is 0. The van der Waals surface area contributed by atoms with Crippen LogP contribution < -0.4 is 0 Å². The average molecular weight is 221 g/mol. The van der Waals surface area contributed by atoms with Gasteiger partial charge in [-0.25, -0.2) is 4.79 Å². The van der Waals surface area contributed by atoms with Crippen molar-refractivity contribution in [2.45, 2.75) is 40.5 Å². The normalized spacial score (nSPS) is 10.2. The molecule has 16 heavy (non-hydrogen) atoms. The van der Waals surface area contributed by atoms with Gasteiger partial charge in [0.1, 0.15) is 0 Å². The van der Waals surface area contributed by atoms with Gasteiger partial charge in [0.15, 0.2) is 0 Å². The molecule has 0 unspecified atom stereocenters. The van der Waals surface area contributed by atoms with Gasteiger partial charge in [0, 0.05) is 5.69 Å². The molecule has 0 spiro atoms. The largest absolute Gasteiger partial charge is 0.462 e. The third-order valence-electron chi connectivity index (χ3n) is 2.52. The predicted molar refractivity (Wildman–Crippen MR) is 63.7 cm³/mol. The highest BCUT2D eigenvalue weighted by molar-refractivity contribution is 5.92. The molecule has 0 atom stereocenters. The number of carbonyl (C=O) groups is 1. The van der Waals surface area contributed by atoms with Gasteiger partial charge in [0.25, 0.3) is 0 Å². The first kappa shape index (κ1) is 12.7. The number of esters is 1. The first-order valence-corrected chi connectivity index (χ1v) is 5.80. The molecule has 3 heteroatoms. The second-order valence-electron chi connectivity index (χ2n) is 3.68. The molecule has 0 saturated carbocycles. The average Bonchev–Trinajstić information content (AvgIpc) is 2.27. The zero-order valence-electron chi connectivity index (χ0n) is 10.5. The Kier molecular flexibility index (Phi) is 4.47. The van der Waals surface area contributed by atoms with Gasteiger partial charge in [0.2, 0.25) is 0 Å². The fourth-order valence-corrected chi connectivity index (χ4v) is 1.73. The number of aromatic nitrogens is 1. The van der Waals surface area contributed by atoms with Gasteiger partial charge in [-0.2, -0.15) is 0 Å². The molecule has 1 aromatic rings. The van der Waals surface area contributed by atoms with E-state index in [1.54, 1.807) is 0 Å². The van der Waals surface area contributed by atoms with Crippen molar-refractivity contribution in [1.82, 2.24) is 4.98 Å². The lowest BCUT2D eigenvalue weighted by Crippen LogP contribution is -2.12. The quantitative estimate of drug-likeness (QED) is 0.734. The minimum Gasteiger partial charge on any atom is -0.462 e. The lowest BCUT2D eigenvalue weighted by Gasteiger charge is -2.11. The molecule has 0 aliphatic rings. The zero-order chi connectivity index (χ0) is 12.1. The fraction of sp³-hybridized carbons (Fsp3) is 0.538. The molecule has 0 amide bonds. The van der Waals surface area contributed by atoms with Crippen molar-refractivity contribution in [2.75, 3.05) is 6.61 Å². The van der Waals surface area contributed by atoms with Crippen molar-refractivity contribution < 1.29 is 9.53 Å². The highest BCUT2D eigenvalue weighted by Gasteiger charge is 2.16. The van der Waals surface area contributed by atoms with Gasteiger partial charge in [-0.15, -0.1) is 0 Å². The van der Waals surface area contributed by atoms with Crippen LogP contribution in [0.4, 0.5) is 0 Å². The summed E-state index contributed by atoms with van der Waals surface area (Å²) in [7, 11) is 0. The van der Waals surface area contributed by atoms with Crippen LogP contribution in [0.25, 0.3) is 0 Å². The first-order valence-electron chi connectivity index (χ1n) is 5.80. The lowest BCUT2D eigenvalue weighted by atomic mass is 10.0. The molecule has 0 saturated heterocycles. The van der Waals surface area contributed by atoms with Crippen molar-refractivity contribution in [2.24, 2.45) is 0 Å². The summed E-state index contributed by atoms with van der Waals surface area (Å²) in [5, 5.41) is 0. The highest BCUT2D eigenvalue weighted by Crippen LogP contribution is 2.16. The van der Waals surface area contributed by atoms with Crippen LogP contribution in [0.5, 0.6) is 0 Å². The molecule has 0 fully saturated rings. The molecule has 0 radical (unpaired) electrons.